The number of aromatic nitrogens is 2. The quantitative estimate of drug-likeness (QED) is 0.766. The molecule has 5 nitrogen and oxygen atoms in total. The summed E-state index contributed by atoms with van der Waals surface area (Å²) < 4.78 is 0. The van der Waals surface area contributed by atoms with Crippen LogP contribution in [0.2, 0.25) is 5.02 Å². The van der Waals surface area contributed by atoms with E-state index in [0.29, 0.717) is 15.9 Å². The van der Waals surface area contributed by atoms with Crippen LogP contribution in [0.15, 0.2) is 18.5 Å². The van der Waals surface area contributed by atoms with Crippen molar-refractivity contribution in [1.82, 2.24) is 9.97 Å². The number of hydrogen-bond donors (Lipinski definition) is 2. The molecule has 0 amide bonds. The highest BCUT2D eigenvalue weighted by molar-refractivity contribution is 6.32. The van der Waals surface area contributed by atoms with Crippen LogP contribution in [-0.4, -0.2) is 21.0 Å². The molecule has 0 aliphatic heterocycles. The zero-order valence-electron chi connectivity index (χ0n) is 7.44. The Bertz CT molecular complexity index is 556. The first-order valence-electron chi connectivity index (χ1n) is 4.02. The Balaban J connectivity index is 2.92. The van der Waals surface area contributed by atoms with E-state index in [9.17, 15) is 4.79 Å². The number of halogens is 1. The normalized spacial score (nSPS) is 10.5. The molecule has 76 valence electrons. The van der Waals surface area contributed by atoms with Crippen LogP contribution in [0.5, 0.6) is 0 Å². The summed E-state index contributed by atoms with van der Waals surface area (Å²) in [6.45, 7) is 0. The Hall–Kier alpha value is -1.88. The Morgan fingerprint density at radius 2 is 2.13 bits per heavy atom. The molecule has 1 aromatic heterocycles. The van der Waals surface area contributed by atoms with Crippen molar-refractivity contribution in [2.75, 3.05) is 5.73 Å². The summed E-state index contributed by atoms with van der Waals surface area (Å²) in [7, 11) is 0. The molecule has 0 bridgehead atoms. The van der Waals surface area contributed by atoms with E-state index in [-0.39, 0.29) is 11.4 Å². The number of anilines is 1. The molecular formula is C9H6ClN3O2. The maximum atomic E-state index is 10.9. The van der Waals surface area contributed by atoms with Gasteiger partial charge in [-0.05, 0) is 12.1 Å². The first-order chi connectivity index (χ1) is 7.09. The van der Waals surface area contributed by atoms with Gasteiger partial charge in [-0.25, -0.2) is 14.8 Å². The fourth-order valence-electron chi connectivity index (χ4n) is 1.31. The van der Waals surface area contributed by atoms with Gasteiger partial charge in [0.2, 0.25) is 0 Å². The third-order valence-corrected chi connectivity index (χ3v) is 2.18. The molecule has 6 heteroatoms. The molecule has 0 aliphatic rings. The molecule has 1 heterocycles. The van der Waals surface area contributed by atoms with E-state index in [1.165, 1.54) is 12.4 Å². The molecule has 0 radical (unpaired) electrons. The van der Waals surface area contributed by atoms with Crippen molar-refractivity contribution < 1.29 is 9.90 Å². The van der Waals surface area contributed by atoms with Crippen LogP contribution in [0.3, 0.4) is 0 Å². The van der Waals surface area contributed by atoms with E-state index in [1.54, 1.807) is 6.07 Å². The fourth-order valence-corrected chi connectivity index (χ4v) is 1.53. The van der Waals surface area contributed by atoms with Crippen molar-refractivity contribution in [3.8, 4) is 0 Å². The molecule has 0 spiro atoms. The topological polar surface area (TPSA) is 89.1 Å². The third-order valence-electron chi connectivity index (χ3n) is 1.96. The average Bonchev–Trinajstić information content (AvgIpc) is 2.18. The summed E-state index contributed by atoms with van der Waals surface area (Å²) in [5.41, 5.74) is 5.90. The molecule has 2 rings (SSSR count). The molecular weight excluding hydrogens is 218 g/mol. The molecule has 2 aromatic rings. The van der Waals surface area contributed by atoms with Gasteiger partial charge in [0, 0.05) is 10.4 Å². The minimum absolute atomic E-state index is 0.0200. The van der Waals surface area contributed by atoms with Crippen LogP contribution in [0.4, 0.5) is 5.82 Å². The third kappa shape index (κ3) is 1.57. The van der Waals surface area contributed by atoms with Crippen LogP contribution < -0.4 is 5.73 Å². The van der Waals surface area contributed by atoms with E-state index in [4.69, 9.17) is 22.4 Å². The number of carboxylic acid groups (broad SMARTS) is 1. The molecule has 0 saturated carbocycles. The molecule has 0 fully saturated rings. The highest BCUT2D eigenvalue weighted by Crippen LogP contribution is 2.25. The summed E-state index contributed by atoms with van der Waals surface area (Å²) in [5.74, 6) is -0.884. The lowest BCUT2D eigenvalue weighted by Gasteiger charge is -2.03. The van der Waals surface area contributed by atoms with Crippen molar-refractivity contribution in [3.63, 3.8) is 0 Å². The molecule has 15 heavy (non-hydrogen) atoms. The molecule has 1 aromatic carbocycles. The second-order valence-electron chi connectivity index (χ2n) is 2.91. The largest absolute Gasteiger partial charge is 0.478 e. The second-order valence-corrected chi connectivity index (χ2v) is 3.35. The Kier molecular flexibility index (Phi) is 2.17. The van der Waals surface area contributed by atoms with Crippen LogP contribution in [-0.2, 0) is 0 Å². The van der Waals surface area contributed by atoms with Crippen molar-refractivity contribution in [2.45, 2.75) is 0 Å². The first-order valence-corrected chi connectivity index (χ1v) is 4.40. The van der Waals surface area contributed by atoms with Gasteiger partial charge < -0.3 is 10.8 Å². The van der Waals surface area contributed by atoms with Gasteiger partial charge in [-0.15, -0.1) is 0 Å². The standard InChI is InChI=1S/C9H6ClN3O2/c10-4-1-5-7(6(2-4)9(14)15)12-3-13-8(5)11/h1-3H,(H,14,15)(H2,11,12,13). The van der Waals surface area contributed by atoms with Crippen molar-refractivity contribution in [2.24, 2.45) is 0 Å². The van der Waals surface area contributed by atoms with Gasteiger partial charge in [0.15, 0.2) is 0 Å². The Labute approximate surface area is 89.5 Å². The highest BCUT2D eigenvalue weighted by Gasteiger charge is 2.12. The minimum atomic E-state index is -1.10. The van der Waals surface area contributed by atoms with E-state index in [1.807, 2.05) is 0 Å². The molecule has 0 unspecified atom stereocenters. The van der Waals surface area contributed by atoms with Crippen molar-refractivity contribution in [1.29, 1.82) is 0 Å². The maximum Gasteiger partial charge on any atom is 0.337 e. The van der Waals surface area contributed by atoms with Gasteiger partial charge >= 0.3 is 5.97 Å². The lowest BCUT2D eigenvalue weighted by molar-refractivity contribution is 0.0699. The summed E-state index contributed by atoms with van der Waals surface area (Å²) in [5, 5.41) is 9.68. The Morgan fingerprint density at radius 3 is 2.80 bits per heavy atom. The minimum Gasteiger partial charge on any atom is -0.478 e. The SMILES string of the molecule is Nc1ncnc2c(C(=O)O)cc(Cl)cc12. The van der Waals surface area contributed by atoms with Gasteiger partial charge in [-0.1, -0.05) is 11.6 Å². The molecule has 0 saturated heterocycles. The van der Waals surface area contributed by atoms with Crippen LogP contribution >= 0.6 is 11.6 Å². The fraction of sp³-hybridized carbons (Fsp3) is 0. The van der Waals surface area contributed by atoms with E-state index >= 15 is 0 Å². The lowest BCUT2D eigenvalue weighted by atomic mass is 10.1. The van der Waals surface area contributed by atoms with Gasteiger partial charge in [-0.3, -0.25) is 0 Å². The van der Waals surface area contributed by atoms with Gasteiger partial charge in [0.05, 0.1) is 11.1 Å². The lowest BCUT2D eigenvalue weighted by Crippen LogP contribution is -2.01. The smallest absolute Gasteiger partial charge is 0.337 e. The summed E-state index contributed by atoms with van der Waals surface area (Å²) in [6, 6.07) is 2.87. The number of hydrogen-bond acceptors (Lipinski definition) is 4. The number of aromatic carboxylic acids is 1. The monoisotopic (exact) mass is 223 g/mol. The number of rotatable bonds is 1. The van der Waals surface area contributed by atoms with E-state index in [0.717, 1.165) is 0 Å². The number of nitrogens with zero attached hydrogens (tertiary/aromatic N) is 2. The zero-order valence-corrected chi connectivity index (χ0v) is 8.19. The van der Waals surface area contributed by atoms with Gasteiger partial charge in [-0.2, -0.15) is 0 Å². The van der Waals surface area contributed by atoms with Crippen LogP contribution in [0, 0.1) is 0 Å². The average molecular weight is 224 g/mol. The maximum absolute atomic E-state index is 10.9. The predicted octanol–water partition coefficient (Wildman–Crippen LogP) is 1.56. The number of nitrogen functional groups attached to an aromatic ring is 1. The van der Waals surface area contributed by atoms with Gasteiger partial charge in [0.25, 0.3) is 0 Å². The predicted molar refractivity (Wildman–Crippen MR) is 55.9 cm³/mol. The second kappa shape index (κ2) is 3.36. The first kappa shape index (κ1) is 9.67. The highest BCUT2D eigenvalue weighted by atomic mass is 35.5. The number of nitrogens with two attached hydrogens (primary N) is 1. The molecule has 3 N–H and O–H groups in total. The summed E-state index contributed by atoms with van der Waals surface area (Å²) in [6.07, 6.45) is 1.22. The number of carbonyl (C=O) groups is 1. The zero-order chi connectivity index (χ0) is 11.0. The molecule has 0 atom stereocenters. The number of benzene rings is 1. The summed E-state index contributed by atoms with van der Waals surface area (Å²) >= 11 is 5.77. The van der Waals surface area contributed by atoms with Gasteiger partial charge in [0.1, 0.15) is 12.1 Å². The number of fused-ring (bicyclic) bond motifs is 1. The Morgan fingerprint density at radius 1 is 1.40 bits per heavy atom. The van der Waals surface area contributed by atoms with Crippen LogP contribution in [0.1, 0.15) is 10.4 Å². The summed E-state index contributed by atoms with van der Waals surface area (Å²) in [4.78, 5) is 18.6. The van der Waals surface area contributed by atoms with Crippen LogP contribution in [0.25, 0.3) is 10.9 Å². The van der Waals surface area contributed by atoms with E-state index < -0.39 is 5.97 Å². The van der Waals surface area contributed by atoms with Crippen molar-refractivity contribution >= 4 is 34.3 Å². The van der Waals surface area contributed by atoms with Crippen molar-refractivity contribution in [3.05, 3.63) is 29.0 Å². The molecule has 0 aliphatic carbocycles. The number of carboxylic acids is 1. The van der Waals surface area contributed by atoms with E-state index in [2.05, 4.69) is 9.97 Å².